The van der Waals surface area contributed by atoms with Gasteiger partial charge in [0.15, 0.2) is 6.61 Å². The first-order valence-electron chi connectivity index (χ1n) is 10.9. The van der Waals surface area contributed by atoms with E-state index in [1.807, 2.05) is 49.4 Å². The zero-order chi connectivity index (χ0) is 23.4. The third-order valence-corrected chi connectivity index (χ3v) is 9.16. The fraction of sp³-hybridized carbons (Fsp3) is 0.333. The van der Waals surface area contributed by atoms with Gasteiger partial charge in [-0.3, -0.25) is 9.59 Å². The van der Waals surface area contributed by atoms with E-state index in [-0.39, 0.29) is 25.6 Å². The van der Waals surface area contributed by atoms with E-state index in [1.165, 1.54) is 15.6 Å². The molecule has 0 atom stereocenters. The monoisotopic (exact) mass is 486 g/mol. The van der Waals surface area contributed by atoms with Crippen molar-refractivity contribution in [2.45, 2.75) is 24.0 Å². The molecule has 0 radical (unpaired) electrons. The highest BCUT2D eigenvalue weighted by Crippen LogP contribution is 2.28. The summed E-state index contributed by atoms with van der Waals surface area (Å²) in [4.78, 5) is 27.1. The van der Waals surface area contributed by atoms with E-state index in [0.29, 0.717) is 23.6 Å². The Morgan fingerprint density at radius 1 is 1.06 bits per heavy atom. The zero-order valence-corrected chi connectivity index (χ0v) is 20.0. The maximum atomic E-state index is 12.9. The summed E-state index contributed by atoms with van der Waals surface area (Å²) in [5.41, 5.74) is 0.781. The van der Waals surface area contributed by atoms with Gasteiger partial charge in [0.05, 0.1) is 11.6 Å². The number of hydrogen-bond donors (Lipinski definition) is 0. The Balaban J connectivity index is 1.34. The second-order valence-electron chi connectivity index (χ2n) is 7.85. The molecule has 0 bridgehead atoms. The van der Waals surface area contributed by atoms with E-state index in [4.69, 9.17) is 4.74 Å². The summed E-state index contributed by atoms with van der Waals surface area (Å²) < 4.78 is 32.4. The summed E-state index contributed by atoms with van der Waals surface area (Å²) in [5.74, 6) is -1.16. The number of amides is 1. The molecule has 0 spiro atoms. The molecule has 9 heteroatoms. The Hall–Kier alpha value is -2.75. The van der Waals surface area contributed by atoms with Gasteiger partial charge in [0, 0.05) is 25.0 Å². The first-order valence-corrected chi connectivity index (χ1v) is 13.2. The average molecular weight is 487 g/mol. The van der Waals surface area contributed by atoms with Crippen LogP contribution in [0.4, 0.5) is 5.69 Å². The highest BCUT2D eigenvalue weighted by molar-refractivity contribution is 7.91. The molecular weight excluding hydrogens is 460 g/mol. The van der Waals surface area contributed by atoms with Crippen LogP contribution in [0, 0.1) is 5.92 Å². The number of piperidine rings is 1. The van der Waals surface area contributed by atoms with Gasteiger partial charge in [0.25, 0.3) is 15.9 Å². The number of carbonyl (C=O) groups is 2. The lowest BCUT2D eigenvalue weighted by Gasteiger charge is -2.30. The van der Waals surface area contributed by atoms with Gasteiger partial charge in [-0.05, 0) is 42.7 Å². The largest absolute Gasteiger partial charge is 0.455 e. The molecule has 1 aliphatic rings. The van der Waals surface area contributed by atoms with Gasteiger partial charge in [0.1, 0.15) is 4.21 Å². The van der Waals surface area contributed by atoms with Gasteiger partial charge >= 0.3 is 5.97 Å². The Labute approximate surface area is 197 Å². The van der Waals surface area contributed by atoms with Gasteiger partial charge in [0.2, 0.25) is 0 Å². The van der Waals surface area contributed by atoms with Crippen LogP contribution in [-0.4, -0.2) is 50.8 Å². The lowest BCUT2D eigenvalue weighted by molar-refractivity contribution is -0.153. The fourth-order valence-electron chi connectivity index (χ4n) is 4.12. The first kappa shape index (κ1) is 23.4. The second-order valence-corrected chi connectivity index (χ2v) is 11.0. The summed E-state index contributed by atoms with van der Waals surface area (Å²) in [6.07, 6.45) is 0.747. The van der Waals surface area contributed by atoms with Crippen LogP contribution in [0.25, 0.3) is 10.8 Å². The van der Waals surface area contributed by atoms with Crippen molar-refractivity contribution in [3.63, 3.8) is 0 Å². The number of fused-ring (bicyclic) bond motifs is 1. The number of rotatable bonds is 7. The third-order valence-electron chi connectivity index (χ3n) is 5.89. The van der Waals surface area contributed by atoms with Crippen molar-refractivity contribution in [1.29, 1.82) is 0 Å². The number of hydrogen-bond acceptors (Lipinski definition) is 6. The molecule has 2 heterocycles. The normalized spacial score (nSPS) is 15.4. The number of sulfonamides is 1. The van der Waals surface area contributed by atoms with Crippen LogP contribution < -0.4 is 4.90 Å². The van der Waals surface area contributed by atoms with E-state index in [1.54, 1.807) is 22.4 Å². The fourth-order valence-corrected chi connectivity index (χ4v) is 6.74. The highest BCUT2D eigenvalue weighted by Gasteiger charge is 2.33. The summed E-state index contributed by atoms with van der Waals surface area (Å²) >= 11 is 1.18. The highest BCUT2D eigenvalue weighted by atomic mass is 32.2. The number of likely N-dealkylation sites (N-methyl/N-ethyl adjacent to an activating group) is 1. The van der Waals surface area contributed by atoms with Crippen molar-refractivity contribution in [2.75, 3.05) is 31.1 Å². The van der Waals surface area contributed by atoms with Crippen molar-refractivity contribution in [3.8, 4) is 0 Å². The minimum atomic E-state index is -3.52. The molecule has 0 saturated carbocycles. The van der Waals surface area contributed by atoms with E-state index in [9.17, 15) is 18.0 Å². The molecule has 3 aromatic rings. The lowest BCUT2D eigenvalue weighted by atomic mass is 9.98. The van der Waals surface area contributed by atoms with Crippen LogP contribution in [0.1, 0.15) is 19.8 Å². The Kier molecular flexibility index (Phi) is 7.11. The van der Waals surface area contributed by atoms with Crippen molar-refractivity contribution in [3.05, 3.63) is 60.0 Å². The van der Waals surface area contributed by atoms with Gasteiger partial charge in [-0.2, -0.15) is 4.31 Å². The summed E-state index contributed by atoms with van der Waals surface area (Å²) in [6.45, 7) is 2.49. The molecule has 4 rings (SSSR count). The van der Waals surface area contributed by atoms with E-state index in [0.717, 1.165) is 16.5 Å². The lowest BCUT2D eigenvalue weighted by Crippen LogP contribution is -2.41. The Morgan fingerprint density at radius 2 is 1.79 bits per heavy atom. The standard InChI is InChI=1S/C24H26N2O5S2/c1-2-26(21-10-5-8-18-7-3-4-9-20(18)21)22(27)17-31-24(28)19-12-14-25(15-13-19)33(29,30)23-11-6-16-32-23/h3-11,16,19H,2,12-15,17H2,1H3. The van der Waals surface area contributed by atoms with Crippen LogP contribution in [0.15, 0.2) is 64.2 Å². The molecule has 7 nitrogen and oxygen atoms in total. The molecular formula is C24H26N2O5S2. The van der Waals surface area contributed by atoms with Crippen LogP contribution in [0.5, 0.6) is 0 Å². The van der Waals surface area contributed by atoms with Crippen LogP contribution in [-0.2, 0) is 24.3 Å². The molecule has 2 aromatic carbocycles. The quantitative estimate of drug-likeness (QED) is 0.473. The molecule has 1 amide bonds. The predicted octanol–water partition coefficient (Wildman–Crippen LogP) is 3.90. The molecule has 33 heavy (non-hydrogen) atoms. The van der Waals surface area contributed by atoms with Crippen molar-refractivity contribution < 1.29 is 22.7 Å². The second kappa shape index (κ2) is 10.0. The van der Waals surface area contributed by atoms with Crippen LogP contribution in [0.2, 0.25) is 0 Å². The number of anilines is 1. The number of ether oxygens (including phenoxy) is 1. The Morgan fingerprint density at radius 3 is 2.48 bits per heavy atom. The molecule has 1 aromatic heterocycles. The molecule has 174 valence electrons. The van der Waals surface area contributed by atoms with Gasteiger partial charge in [-0.25, -0.2) is 8.42 Å². The number of esters is 1. The molecule has 0 N–H and O–H groups in total. The molecule has 0 unspecified atom stereocenters. The van der Waals surface area contributed by atoms with Crippen molar-refractivity contribution >= 4 is 49.7 Å². The van der Waals surface area contributed by atoms with E-state index >= 15 is 0 Å². The number of carbonyl (C=O) groups excluding carboxylic acids is 2. The summed E-state index contributed by atoms with van der Waals surface area (Å²) in [6, 6.07) is 16.9. The van der Waals surface area contributed by atoms with Gasteiger partial charge in [-0.15, -0.1) is 11.3 Å². The topological polar surface area (TPSA) is 84.0 Å². The van der Waals surface area contributed by atoms with Gasteiger partial charge in [-0.1, -0.05) is 42.5 Å². The minimum Gasteiger partial charge on any atom is -0.455 e. The first-order chi connectivity index (χ1) is 15.9. The van der Waals surface area contributed by atoms with Gasteiger partial charge < -0.3 is 9.64 Å². The molecule has 1 aliphatic heterocycles. The number of nitrogens with zero attached hydrogens (tertiary/aromatic N) is 2. The maximum absolute atomic E-state index is 12.9. The minimum absolute atomic E-state index is 0.255. The van der Waals surface area contributed by atoms with Crippen molar-refractivity contribution in [2.24, 2.45) is 5.92 Å². The number of benzene rings is 2. The van der Waals surface area contributed by atoms with Crippen LogP contribution >= 0.6 is 11.3 Å². The maximum Gasteiger partial charge on any atom is 0.309 e. The smallest absolute Gasteiger partial charge is 0.309 e. The SMILES string of the molecule is CCN(C(=O)COC(=O)C1CCN(S(=O)(=O)c2cccs2)CC1)c1cccc2ccccc12. The molecule has 1 fully saturated rings. The summed E-state index contributed by atoms with van der Waals surface area (Å²) in [7, 11) is -3.52. The predicted molar refractivity (Wildman–Crippen MR) is 129 cm³/mol. The summed E-state index contributed by atoms with van der Waals surface area (Å²) in [5, 5.41) is 3.72. The number of thiophene rings is 1. The molecule has 0 aliphatic carbocycles. The van der Waals surface area contributed by atoms with Crippen LogP contribution in [0.3, 0.4) is 0 Å². The van der Waals surface area contributed by atoms with Crippen molar-refractivity contribution in [1.82, 2.24) is 4.31 Å². The Bertz CT molecular complexity index is 1230. The third kappa shape index (κ3) is 4.95. The molecule has 1 saturated heterocycles. The zero-order valence-electron chi connectivity index (χ0n) is 18.3. The van der Waals surface area contributed by atoms with E-state index < -0.39 is 21.9 Å². The average Bonchev–Trinajstić information content (AvgIpc) is 3.39. The van der Waals surface area contributed by atoms with E-state index in [2.05, 4.69) is 0 Å².